The minimum atomic E-state index is -1.64. The molecule has 0 radical (unpaired) electrons. The molecule has 0 heterocycles. The molecule has 1 aromatic carbocycles. The third kappa shape index (κ3) is 3.24. The maximum absolute atomic E-state index is 13.2. The Hall–Kier alpha value is -2.02. The highest BCUT2D eigenvalue weighted by atomic mass is 19.1. The summed E-state index contributed by atoms with van der Waals surface area (Å²) in [5, 5.41) is 1.90. The predicted octanol–water partition coefficient (Wildman–Crippen LogP) is 0.794. The van der Waals surface area contributed by atoms with Gasteiger partial charge in [0.1, 0.15) is 17.3 Å². The maximum atomic E-state index is 13.2. The van der Waals surface area contributed by atoms with Crippen molar-refractivity contribution in [1.29, 1.82) is 0 Å². The van der Waals surface area contributed by atoms with E-state index in [1.807, 2.05) is 5.32 Å². The van der Waals surface area contributed by atoms with Gasteiger partial charge in [-0.3, -0.25) is 4.79 Å². The Morgan fingerprint density at radius 1 is 1.39 bits per heavy atom. The van der Waals surface area contributed by atoms with Gasteiger partial charge in [0.15, 0.2) is 6.04 Å². The number of halogens is 2. The van der Waals surface area contributed by atoms with E-state index in [4.69, 9.17) is 5.73 Å². The molecule has 1 rings (SSSR count). The van der Waals surface area contributed by atoms with Crippen LogP contribution in [0, 0.1) is 11.6 Å². The summed E-state index contributed by atoms with van der Waals surface area (Å²) >= 11 is 0. The van der Waals surface area contributed by atoms with Crippen molar-refractivity contribution in [3.63, 3.8) is 0 Å². The first kappa shape index (κ1) is 14.0. The number of ether oxygens (including phenoxy) is 1. The zero-order chi connectivity index (χ0) is 13.7. The molecule has 0 bridgehead atoms. The van der Waals surface area contributed by atoms with Gasteiger partial charge in [-0.15, -0.1) is 0 Å². The number of hydrogen-bond donors (Lipinski definition) is 2. The van der Waals surface area contributed by atoms with Gasteiger partial charge in [0.25, 0.3) is 5.91 Å². The van der Waals surface area contributed by atoms with E-state index >= 15 is 0 Å². The zero-order valence-corrected chi connectivity index (χ0v) is 9.57. The highest BCUT2D eigenvalue weighted by Gasteiger charge is 2.25. The van der Waals surface area contributed by atoms with Crippen LogP contribution in [0.25, 0.3) is 0 Å². The van der Waals surface area contributed by atoms with Crippen LogP contribution in [-0.2, 0) is 14.3 Å². The second-order valence-electron chi connectivity index (χ2n) is 3.32. The molecule has 1 aromatic rings. The Morgan fingerprint density at radius 2 is 1.94 bits per heavy atom. The van der Waals surface area contributed by atoms with Crippen LogP contribution in [-0.4, -0.2) is 24.5 Å². The lowest BCUT2D eigenvalue weighted by atomic mass is 10.2. The van der Waals surface area contributed by atoms with Crippen molar-refractivity contribution in [2.24, 2.45) is 5.73 Å². The molecule has 18 heavy (non-hydrogen) atoms. The molecule has 98 valence electrons. The van der Waals surface area contributed by atoms with Crippen LogP contribution in [0.1, 0.15) is 6.92 Å². The Bertz CT molecular complexity index is 445. The van der Waals surface area contributed by atoms with E-state index in [1.54, 1.807) is 6.92 Å². The zero-order valence-electron chi connectivity index (χ0n) is 9.57. The number of para-hydroxylation sites is 1. The van der Waals surface area contributed by atoms with Crippen LogP contribution >= 0.6 is 0 Å². The lowest BCUT2D eigenvalue weighted by molar-refractivity contribution is -0.146. The largest absolute Gasteiger partial charge is 0.464 e. The Morgan fingerprint density at radius 3 is 2.44 bits per heavy atom. The number of carbonyl (C=O) groups excluding carboxylic acids is 2. The summed E-state index contributed by atoms with van der Waals surface area (Å²) in [4.78, 5) is 22.6. The number of esters is 1. The Labute approximate surface area is 102 Å². The molecule has 0 aliphatic carbocycles. The molecule has 0 aromatic heterocycles. The number of amides is 1. The summed E-state index contributed by atoms with van der Waals surface area (Å²) in [6.07, 6.45) is 0. The van der Waals surface area contributed by atoms with Gasteiger partial charge in [-0.2, -0.15) is 0 Å². The first-order valence-corrected chi connectivity index (χ1v) is 5.14. The van der Waals surface area contributed by atoms with E-state index in [1.165, 1.54) is 0 Å². The smallest absolute Gasteiger partial charge is 0.332 e. The van der Waals surface area contributed by atoms with E-state index in [-0.39, 0.29) is 6.61 Å². The number of anilines is 1. The van der Waals surface area contributed by atoms with E-state index in [0.717, 1.165) is 18.2 Å². The second-order valence-corrected chi connectivity index (χ2v) is 3.32. The number of benzene rings is 1. The van der Waals surface area contributed by atoms with Gasteiger partial charge in [0.05, 0.1) is 6.61 Å². The van der Waals surface area contributed by atoms with Crippen molar-refractivity contribution < 1.29 is 23.1 Å². The molecule has 1 atom stereocenters. The average Bonchev–Trinajstić information content (AvgIpc) is 2.33. The first-order chi connectivity index (χ1) is 8.47. The van der Waals surface area contributed by atoms with Gasteiger partial charge < -0.3 is 15.8 Å². The van der Waals surface area contributed by atoms with Crippen molar-refractivity contribution in [2.75, 3.05) is 11.9 Å². The van der Waals surface area contributed by atoms with E-state index < -0.39 is 35.2 Å². The van der Waals surface area contributed by atoms with E-state index in [0.29, 0.717) is 0 Å². The molecule has 0 aliphatic heterocycles. The SMILES string of the molecule is CCOC(=O)C(N)C(=O)Nc1c(F)cccc1F. The number of carbonyl (C=O) groups is 2. The van der Waals surface area contributed by atoms with Crippen LogP contribution in [0.3, 0.4) is 0 Å². The van der Waals surface area contributed by atoms with Gasteiger partial charge in [-0.25, -0.2) is 13.6 Å². The molecule has 7 heteroatoms. The molecule has 0 fully saturated rings. The third-order valence-corrected chi connectivity index (χ3v) is 2.03. The topological polar surface area (TPSA) is 81.4 Å². The molecule has 0 saturated carbocycles. The van der Waals surface area contributed by atoms with Gasteiger partial charge in [-0.1, -0.05) is 6.07 Å². The Balaban J connectivity index is 2.79. The van der Waals surface area contributed by atoms with Gasteiger partial charge in [0.2, 0.25) is 0 Å². The fourth-order valence-electron chi connectivity index (χ4n) is 1.16. The van der Waals surface area contributed by atoms with Crippen LogP contribution in [0.5, 0.6) is 0 Å². The van der Waals surface area contributed by atoms with Crippen molar-refractivity contribution in [3.05, 3.63) is 29.8 Å². The molecule has 0 aliphatic rings. The van der Waals surface area contributed by atoms with Crippen molar-refractivity contribution in [2.45, 2.75) is 13.0 Å². The minimum absolute atomic E-state index is 0.0495. The molecular weight excluding hydrogens is 246 g/mol. The molecule has 1 unspecified atom stereocenters. The monoisotopic (exact) mass is 258 g/mol. The third-order valence-electron chi connectivity index (χ3n) is 2.03. The van der Waals surface area contributed by atoms with Gasteiger partial charge in [-0.05, 0) is 19.1 Å². The summed E-state index contributed by atoms with van der Waals surface area (Å²) in [5.74, 6) is -3.93. The summed E-state index contributed by atoms with van der Waals surface area (Å²) < 4.78 is 30.9. The normalized spacial score (nSPS) is 11.8. The van der Waals surface area contributed by atoms with Crippen molar-refractivity contribution in [1.82, 2.24) is 0 Å². The molecular formula is C11H12F2N2O3. The number of nitrogens with one attached hydrogen (secondary N) is 1. The van der Waals surface area contributed by atoms with E-state index in [2.05, 4.69) is 4.74 Å². The lowest BCUT2D eigenvalue weighted by Gasteiger charge is -2.12. The van der Waals surface area contributed by atoms with Crippen LogP contribution in [0.15, 0.2) is 18.2 Å². The summed E-state index contributed by atoms with van der Waals surface area (Å²) in [6.45, 7) is 1.59. The minimum Gasteiger partial charge on any atom is -0.464 e. The number of nitrogens with two attached hydrogens (primary N) is 1. The van der Waals surface area contributed by atoms with Crippen LogP contribution in [0.2, 0.25) is 0 Å². The maximum Gasteiger partial charge on any atom is 0.332 e. The fraction of sp³-hybridized carbons (Fsp3) is 0.273. The summed E-state index contributed by atoms with van der Waals surface area (Å²) in [6, 6.07) is 1.44. The fourth-order valence-corrected chi connectivity index (χ4v) is 1.16. The quantitative estimate of drug-likeness (QED) is 0.618. The summed E-state index contributed by atoms with van der Waals surface area (Å²) in [5.41, 5.74) is 4.61. The highest BCUT2D eigenvalue weighted by Crippen LogP contribution is 2.17. The molecule has 0 spiro atoms. The van der Waals surface area contributed by atoms with Gasteiger partial charge in [0, 0.05) is 0 Å². The average molecular weight is 258 g/mol. The van der Waals surface area contributed by atoms with Crippen LogP contribution in [0.4, 0.5) is 14.5 Å². The number of hydrogen-bond acceptors (Lipinski definition) is 4. The molecule has 3 N–H and O–H groups in total. The molecule has 5 nitrogen and oxygen atoms in total. The number of rotatable bonds is 4. The predicted molar refractivity (Wildman–Crippen MR) is 59.6 cm³/mol. The van der Waals surface area contributed by atoms with E-state index in [9.17, 15) is 18.4 Å². The summed E-state index contributed by atoms with van der Waals surface area (Å²) in [7, 11) is 0. The lowest BCUT2D eigenvalue weighted by Crippen LogP contribution is -2.43. The Kier molecular flexibility index (Phi) is 4.73. The van der Waals surface area contributed by atoms with Crippen LogP contribution < -0.4 is 11.1 Å². The first-order valence-electron chi connectivity index (χ1n) is 5.14. The van der Waals surface area contributed by atoms with Crippen molar-refractivity contribution >= 4 is 17.6 Å². The highest BCUT2D eigenvalue weighted by molar-refractivity contribution is 6.08. The van der Waals surface area contributed by atoms with Crippen molar-refractivity contribution in [3.8, 4) is 0 Å². The standard InChI is InChI=1S/C11H12F2N2O3/c1-2-18-11(17)8(14)10(16)15-9-6(12)4-3-5-7(9)13/h3-5,8H,2,14H2,1H3,(H,15,16). The molecule has 1 amide bonds. The second kappa shape index (κ2) is 6.06. The molecule has 0 saturated heterocycles. The van der Waals surface area contributed by atoms with Gasteiger partial charge >= 0.3 is 5.97 Å².